The van der Waals surface area contributed by atoms with Crippen LogP contribution in [-0.4, -0.2) is 24.5 Å². The van der Waals surface area contributed by atoms with Crippen molar-refractivity contribution in [3.8, 4) is 5.75 Å². The molecule has 0 aliphatic rings. The highest BCUT2D eigenvalue weighted by Crippen LogP contribution is 2.35. The monoisotopic (exact) mass is 373 g/mol. The summed E-state index contributed by atoms with van der Waals surface area (Å²) in [5.41, 5.74) is 4.83. The molecule has 0 saturated heterocycles. The van der Waals surface area contributed by atoms with Gasteiger partial charge in [-0.1, -0.05) is 37.3 Å². The molecule has 0 fully saturated rings. The summed E-state index contributed by atoms with van der Waals surface area (Å²) >= 11 is 0. The number of benzene rings is 3. The fourth-order valence-electron chi connectivity index (χ4n) is 2.66. The molecule has 0 heterocycles. The van der Waals surface area contributed by atoms with E-state index < -0.39 is 21.6 Å². The smallest absolute Gasteiger partial charge is 0.331 e. The van der Waals surface area contributed by atoms with E-state index in [9.17, 15) is 17.8 Å². The van der Waals surface area contributed by atoms with Crippen LogP contribution in [0.4, 0.5) is 0 Å². The van der Waals surface area contributed by atoms with E-state index in [0.717, 1.165) is 10.8 Å². The van der Waals surface area contributed by atoms with Gasteiger partial charge in [-0.15, -0.1) is 0 Å². The zero-order valence-corrected chi connectivity index (χ0v) is 15.2. The van der Waals surface area contributed by atoms with Gasteiger partial charge in [0.2, 0.25) is 0 Å². The van der Waals surface area contributed by atoms with Crippen LogP contribution in [0.25, 0.3) is 21.5 Å². The van der Waals surface area contributed by atoms with Crippen LogP contribution in [0.5, 0.6) is 5.75 Å². The SMILES string of the molecule is CCC(C)(N)C(=O)Oc1cc2cc(S(=O)(=O)O)ccc2c2ccccc12. The van der Waals surface area contributed by atoms with E-state index in [4.69, 9.17) is 10.5 Å². The predicted octanol–water partition coefficient (Wildman–Crippen LogP) is 3.27. The number of carbonyl (C=O) groups excluding carboxylic acids is 1. The molecule has 1 unspecified atom stereocenters. The van der Waals surface area contributed by atoms with Crippen molar-refractivity contribution >= 4 is 37.6 Å². The first-order valence-electron chi connectivity index (χ1n) is 8.07. The average Bonchev–Trinajstić information content (AvgIpc) is 2.60. The van der Waals surface area contributed by atoms with Crippen LogP contribution in [0.3, 0.4) is 0 Å². The second-order valence-corrected chi connectivity index (χ2v) is 7.86. The maximum atomic E-state index is 12.4. The molecule has 136 valence electrons. The molecule has 0 bridgehead atoms. The Morgan fingerprint density at radius 2 is 1.77 bits per heavy atom. The lowest BCUT2D eigenvalue weighted by molar-refractivity contribution is -0.139. The number of ether oxygens (including phenoxy) is 1. The Morgan fingerprint density at radius 1 is 1.12 bits per heavy atom. The Labute approximate surface area is 151 Å². The van der Waals surface area contributed by atoms with Crippen LogP contribution < -0.4 is 10.5 Å². The first kappa shape index (κ1) is 18.3. The second-order valence-electron chi connectivity index (χ2n) is 6.44. The summed E-state index contributed by atoms with van der Waals surface area (Å²) in [6.45, 7) is 3.38. The quantitative estimate of drug-likeness (QED) is 0.315. The highest BCUT2D eigenvalue weighted by molar-refractivity contribution is 7.85. The average molecular weight is 373 g/mol. The molecule has 0 aliphatic heterocycles. The lowest BCUT2D eigenvalue weighted by Gasteiger charge is -2.21. The van der Waals surface area contributed by atoms with Gasteiger partial charge in [0, 0.05) is 5.39 Å². The van der Waals surface area contributed by atoms with Gasteiger partial charge >= 0.3 is 5.97 Å². The molecular formula is C19H19NO5S. The summed E-state index contributed by atoms with van der Waals surface area (Å²) in [4.78, 5) is 12.2. The molecule has 26 heavy (non-hydrogen) atoms. The lowest BCUT2D eigenvalue weighted by Crippen LogP contribution is -2.46. The van der Waals surface area contributed by atoms with Crippen LogP contribution in [0, 0.1) is 0 Å². The summed E-state index contributed by atoms with van der Waals surface area (Å²) in [6, 6.07) is 13.2. The Kier molecular flexibility index (Phi) is 4.47. The summed E-state index contributed by atoms with van der Waals surface area (Å²) in [5, 5.41) is 2.81. The maximum Gasteiger partial charge on any atom is 0.331 e. The minimum atomic E-state index is -4.34. The van der Waals surface area contributed by atoms with Crippen LogP contribution in [0.15, 0.2) is 53.4 Å². The van der Waals surface area contributed by atoms with E-state index in [2.05, 4.69) is 0 Å². The van der Waals surface area contributed by atoms with Crippen molar-refractivity contribution in [2.75, 3.05) is 0 Å². The molecule has 3 N–H and O–H groups in total. The molecule has 0 saturated carbocycles. The number of rotatable bonds is 4. The molecule has 7 heteroatoms. The fraction of sp³-hybridized carbons (Fsp3) is 0.211. The zero-order valence-electron chi connectivity index (χ0n) is 14.4. The zero-order chi connectivity index (χ0) is 19.1. The lowest BCUT2D eigenvalue weighted by atomic mass is 10.00. The normalized spacial score (nSPS) is 14.3. The number of fused-ring (bicyclic) bond motifs is 3. The van der Waals surface area contributed by atoms with Crippen molar-refractivity contribution in [2.45, 2.75) is 30.7 Å². The molecule has 3 aromatic carbocycles. The third kappa shape index (κ3) is 3.29. The fourth-order valence-corrected chi connectivity index (χ4v) is 3.18. The topological polar surface area (TPSA) is 107 Å². The molecule has 0 aromatic heterocycles. The van der Waals surface area contributed by atoms with Crippen LogP contribution in [0.1, 0.15) is 20.3 Å². The van der Waals surface area contributed by atoms with Gasteiger partial charge in [0.15, 0.2) is 0 Å². The minimum Gasteiger partial charge on any atom is -0.424 e. The molecule has 1 atom stereocenters. The Balaban J connectivity index is 2.25. The highest BCUT2D eigenvalue weighted by atomic mass is 32.2. The number of nitrogens with two attached hydrogens (primary N) is 1. The van der Waals surface area contributed by atoms with Gasteiger partial charge in [0.05, 0.1) is 4.90 Å². The van der Waals surface area contributed by atoms with Crippen molar-refractivity contribution < 1.29 is 22.5 Å². The van der Waals surface area contributed by atoms with E-state index in [1.54, 1.807) is 26.0 Å². The standard InChI is InChI=1S/C19H19NO5S/c1-3-19(2,20)18(21)25-17-11-12-10-13(26(22,23)24)8-9-14(12)15-6-4-5-7-16(15)17/h4-11H,3,20H2,1-2H3,(H,22,23,24). The van der Waals surface area contributed by atoms with Crippen LogP contribution in [0.2, 0.25) is 0 Å². The third-order valence-corrected chi connectivity index (χ3v) is 5.34. The molecule has 0 spiro atoms. The number of hydrogen-bond donors (Lipinski definition) is 2. The molecule has 6 nitrogen and oxygen atoms in total. The molecule has 0 radical (unpaired) electrons. The number of hydrogen-bond acceptors (Lipinski definition) is 5. The van der Waals surface area contributed by atoms with Crippen LogP contribution in [-0.2, 0) is 14.9 Å². The van der Waals surface area contributed by atoms with E-state index in [-0.39, 0.29) is 10.6 Å². The Morgan fingerprint density at radius 3 is 2.38 bits per heavy atom. The highest BCUT2D eigenvalue weighted by Gasteiger charge is 2.29. The van der Waals surface area contributed by atoms with Gasteiger partial charge in [-0.2, -0.15) is 8.42 Å². The van der Waals surface area contributed by atoms with E-state index in [1.807, 2.05) is 24.3 Å². The first-order valence-corrected chi connectivity index (χ1v) is 9.51. The molecule has 0 aliphatic carbocycles. The summed E-state index contributed by atoms with van der Waals surface area (Å²) in [6.07, 6.45) is 0.407. The third-order valence-electron chi connectivity index (χ3n) is 4.49. The van der Waals surface area contributed by atoms with Crippen molar-refractivity contribution in [1.82, 2.24) is 0 Å². The minimum absolute atomic E-state index is 0.227. The first-order chi connectivity index (χ1) is 12.1. The summed E-state index contributed by atoms with van der Waals surface area (Å²) in [7, 11) is -4.34. The molecule has 3 rings (SSSR count). The Hall–Kier alpha value is -2.48. The van der Waals surface area contributed by atoms with Crippen LogP contribution >= 0.6 is 0 Å². The van der Waals surface area contributed by atoms with Gasteiger partial charge in [-0.05, 0) is 47.7 Å². The number of carbonyl (C=O) groups is 1. The van der Waals surface area contributed by atoms with Crippen molar-refractivity contribution in [2.24, 2.45) is 5.73 Å². The van der Waals surface area contributed by atoms with Gasteiger partial charge in [0.25, 0.3) is 10.1 Å². The molecule has 0 amide bonds. The predicted molar refractivity (Wildman–Crippen MR) is 99.8 cm³/mol. The van der Waals surface area contributed by atoms with Gasteiger partial charge in [-0.25, -0.2) is 4.79 Å². The van der Waals surface area contributed by atoms with Gasteiger partial charge < -0.3 is 10.5 Å². The molecule has 3 aromatic rings. The van der Waals surface area contributed by atoms with Crippen molar-refractivity contribution in [3.05, 3.63) is 48.5 Å². The van der Waals surface area contributed by atoms with Gasteiger partial charge in [-0.3, -0.25) is 4.55 Å². The van der Waals surface area contributed by atoms with E-state index >= 15 is 0 Å². The van der Waals surface area contributed by atoms with Crippen molar-refractivity contribution in [3.63, 3.8) is 0 Å². The number of esters is 1. The van der Waals surface area contributed by atoms with Gasteiger partial charge in [0.1, 0.15) is 11.3 Å². The largest absolute Gasteiger partial charge is 0.424 e. The second kappa shape index (κ2) is 6.35. The Bertz CT molecular complexity index is 1120. The van der Waals surface area contributed by atoms with Crippen molar-refractivity contribution in [1.29, 1.82) is 0 Å². The van der Waals surface area contributed by atoms with E-state index in [1.165, 1.54) is 12.1 Å². The maximum absolute atomic E-state index is 12.4. The summed E-state index contributed by atoms with van der Waals surface area (Å²) in [5.74, 6) is -0.286. The summed E-state index contributed by atoms with van der Waals surface area (Å²) < 4.78 is 37.7. The molecular weight excluding hydrogens is 354 g/mol. The van der Waals surface area contributed by atoms with E-state index in [0.29, 0.717) is 17.2 Å².